The Labute approximate surface area is 84.8 Å². The second-order valence-corrected chi connectivity index (χ2v) is 4.28. The number of rotatable bonds is 4. The minimum Gasteiger partial charge on any atom is -0.391 e. The highest BCUT2D eigenvalue weighted by Crippen LogP contribution is 2.19. The average Bonchev–Trinajstić information content (AvgIpc) is 2.46. The molecular formula is C10H19NO3. The molecule has 2 aliphatic heterocycles. The van der Waals surface area contributed by atoms with Crippen molar-refractivity contribution in [3.63, 3.8) is 0 Å². The van der Waals surface area contributed by atoms with E-state index in [0.29, 0.717) is 18.8 Å². The van der Waals surface area contributed by atoms with Gasteiger partial charge in [0.2, 0.25) is 0 Å². The van der Waals surface area contributed by atoms with E-state index in [-0.39, 0.29) is 6.10 Å². The molecule has 1 N–H and O–H groups in total. The van der Waals surface area contributed by atoms with E-state index >= 15 is 0 Å². The standard InChI is InChI=1S/C10H19NO3/c1-8(12)5-14-10-2-3-11(4-10)9-6-13-7-9/h8-10,12H,2-7H2,1H3. The molecule has 2 atom stereocenters. The van der Waals surface area contributed by atoms with Crippen molar-refractivity contribution >= 4 is 0 Å². The highest BCUT2D eigenvalue weighted by atomic mass is 16.5. The number of likely N-dealkylation sites (tertiary alicyclic amines) is 1. The van der Waals surface area contributed by atoms with E-state index < -0.39 is 0 Å². The Morgan fingerprint density at radius 2 is 2.36 bits per heavy atom. The van der Waals surface area contributed by atoms with Gasteiger partial charge in [-0.25, -0.2) is 0 Å². The van der Waals surface area contributed by atoms with Gasteiger partial charge in [-0.1, -0.05) is 0 Å². The Morgan fingerprint density at radius 3 is 2.93 bits per heavy atom. The zero-order valence-corrected chi connectivity index (χ0v) is 8.69. The Balaban J connectivity index is 1.66. The molecule has 2 unspecified atom stereocenters. The molecule has 0 aromatic rings. The van der Waals surface area contributed by atoms with E-state index in [4.69, 9.17) is 14.6 Å². The first-order chi connectivity index (χ1) is 6.75. The molecule has 2 heterocycles. The van der Waals surface area contributed by atoms with Crippen molar-refractivity contribution < 1.29 is 14.6 Å². The molecule has 0 amide bonds. The quantitative estimate of drug-likeness (QED) is 0.687. The summed E-state index contributed by atoms with van der Waals surface area (Å²) in [6.07, 6.45) is 1.05. The van der Waals surface area contributed by atoms with Gasteiger partial charge in [0.1, 0.15) is 0 Å². The smallest absolute Gasteiger partial charge is 0.0745 e. The van der Waals surface area contributed by atoms with E-state index in [2.05, 4.69) is 4.90 Å². The number of ether oxygens (including phenoxy) is 2. The predicted molar refractivity (Wildman–Crippen MR) is 52.2 cm³/mol. The molecule has 2 rings (SSSR count). The highest BCUT2D eigenvalue weighted by molar-refractivity contribution is 4.85. The summed E-state index contributed by atoms with van der Waals surface area (Å²) in [5, 5.41) is 9.09. The van der Waals surface area contributed by atoms with Gasteiger partial charge < -0.3 is 14.6 Å². The molecule has 4 nitrogen and oxygen atoms in total. The van der Waals surface area contributed by atoms with Crippen LogP contribution in [0, 0.1) is 0 Å². The van der Waals surface area contributed by atoms with Gasteiger partial charge in [-0.3, -0.25) is 4.90 Å². The van der Waals surface area contributed by atoms with Gasteiger partial charge in [-0.15, -0.1) is 0 Å². The lowest BCUT2D eigenvalue weighted by atomic mass is 10.2. The lowest BCUT2D eigenvalue weighted by Crippen LogP contribution is -2.48. The van der Waals surface area contributed by atoms with Crippen LogP contribution in [0.3, 0.4) is 0 Å². The summed E-state index contributed by atoms with van der Waals surface area (Å²) in [6, 6.07) is 0.621. The van der Waals surface area contributed by atoms with Crippen molar-refractivity contribution in [2.75, 3.05) is 32.9 Å². The van der Waals surface area contributed by atoms with Crippen LogP contribution in [-0.2, 0) is 9.47 Å². The molecule has 0 radical (unpaired) electrons. The fraction of sp³-hybridized carbons (Fsp3) is 1.00. The molecule has 0 saturated carbocycles. The third-order valence-corrected chi connectivity index (χ3v) is 2.89. The van der Waals surface area contributed by atoms with Gasteiger partial charge in [0.05, 0.1) is 38.1 Å². The van der Waals surface area contributed by atoms with Crippen LogP contribution >= 0.6 is 0 Å². The first kappa shape index (κ1) is 10.4. The maximum Gasteiger partial charge on any atom is 0.0745 e. The molecule has 82 valence electrons. The third-order valence-electron chi connectivity index (χ3n) is 2.89. The minimum atomic E-state index is -0.351. The molecule has 0 aromatic heterocycles. The van der Waals surface area contributed by atoms with Gasteiger partial charge in [0, 0.05) is 13.1 Å². The van der Waals surface area contributed by atoms with Gasteiger partial charge in [0.15, 0.2) is 0 Å². The zero-order valence-electron chi connectivity index (χ0n) is 8.69. The molecule has 2 fully saturated rings. The number of aliphatic hydroxyl groups excluding tert-OH is 1. The molecule has 0 spiro atoms. The monoisotopic (exact) mass is 201 g/mol. The van der Waals surface area contributed by atoms with E-state index in [1.807, 2.05) is 0 Å². The van der Waals surface area contributed by atoms with E-state index in [1.165, 1.54) is 0 Å². The Bertz CT molecular complexity index is 182. The molecular weight excluding hydrogens is 182 g/mol. The Hall–Kier alpha value is -0.160. The van der Waals surface area contributed by atoms with Gasteiger partial charge in [-0.05, 0) is 13.3 Å². The van der Waals surface area contributed by atoms with E-state index in [9.17, 15) is 0 Å². The molecule has 4 heteroatoms. The van der Waals surface area contributed by atoms with Crippen LogP contribution < -0.4 is 0 Å². The average molecular weight is 201 g/mol. The fourth-order valence-electron chi connectivity index (χ4n) is 1.93. The molecule has 14 heavy (non-hydrogen) atoms. The first-order valence-electron chi connectivity index (χ1n) is 5.37. The Kier molecular flexibility index (Phi) is 3.38. The number of hydrogen-bond donors (Lipinski definition) is 1. The summed E-state index contributed by atoms with van der Waals surface area (Å²) in [4.78, 5) is 2.43. The maximum absolute atomic E-state index is 9.09. The van der Waals surface area contributed by atoms with Crippen LogP contribution in [-0.4, -0.2) is 61.2 Å². The minimum absolute atomic E-state index is 0.310. The second-order valence-electron chi connectivity index (χ2n) is 4.28. The summed E-state index contributed by atoms with van der Waals surface area (Å²) < 4.78 is 10.7. The number of hydrogen-bond acceptors (Lipinski definition) is 4. The van der Waals surface area contributed by atoms with Gasteiger partial charge in [-0.2, -0.15) is 0 Å². The van der Waals surface area contributed by atoms with Crippen LogP contribution in [0.2, 0.25) is 0 Å². The van der Waals surface area contributed by atoms with Crippen molar-refractivity contribution in [1.82, 2.24) is 4.90 Å². The summed E-state index contributed by atoms with van der Waals surface area (Å²) in [7, 11) is 0. The summed E-state index contributed by atoms with van der Waals surface area (Å²) in [6.45, 7) is 6.08. The van der Waals surface area contributed by atoms with Gasteiger partial charge >= 0.3 is 0 Å². The van der Waals surface area contributed by atoms with Crippen LogP contribution in [0.25, 0.3) is 0 Å². The van der Waals surface area contributed by atoms with Crippen LogP contribution in [0.1, 0.15) is 13.3 Å². The largest absolute Gasteiger partial charge is 0.391 e. The van der Waals surface area contributed by atoms with Crippen LogP contribution in [0.5, 0.6) is 0 Å². The SMILES string of the molecule is CC(O)COC1CCN(C2COC2)C1. The van der Waals surface area contributed by atoms with E-state index in [1.54, 1.807) is 6.92 Å². The van der Waals surface area contributed by atoms with Crippen molar-refractivity contribution in [2.45, 2.75) is 31.6 Å². The molecule has 2 aliphatic rings. The zero-order chi connectivity index (χ0) is 9.97. The van der Waals surface area contributed by atoms with Crippen molar-refractivity contribution in [3.05, 3.63) is 0 Å². The molecule has 0 aromatic carbocycles. The number of nitrogens with zero attached hydrogens (tertiary/aromatic N) is 1. The highest BCUT2D eigenvalue weighted by Gasteiger charge is 2.32. The normalized spacial score (nSPS) is 31.7. The lowest BCUT2D eigenvalue weighted by Gasteiger charge is -2.34. The van der Waals surface area contributed by atoms with Crippen LogP contribution in [0.15, 0.2) is 0 Å². The molecule has 2 saturated heterocycles. The van der Waals surface area contributed by atoms with Crippen molar-refractivity contribution in [2.24, 2.45) is 0 Å². The van der Waals surface area contributed by atoms with E-state index in [0.717, 1.165) is 32.7 Å². The topological polar surface area (TPSA) is 41.9 Å². The van der Waals surface area contributed by atoms with Gasteiger partial charge in [0.25, 0.3) is 0 Å². The number of aliphatic hydroxyl groups is 1. The van der Waals surface area contributed by atoms with Crippen molar-refractivity contribution in [1.29, 1.82) is 0 Å². The fourth-order valence-corrected chi connectivity index (χ4v) is 1.93. The molecule has 0 aliphatic carbocycles. The summed E-state index contributed by atoms with van der Waals surface area (Å²) >= 11 is 0. The van der Waals surface area contributed by atoms with Crippen molar-refractivity contribution in [3.8, 4) is 0 Å². The Morgan fingerprint density at radius 1 is 1.57 bits per heavy atom. The second kappa shape index (κ2) is 4.57. The first-order valence-corrected chi connectivity index (χ1v) is 5.37. The lowest BCUT2D eigenvalue weighted by molar-refractivity contribution is -0.0645. The summed E-state index contributed by atoms with van der Waals surface area (Å²) in [5.74, 6) is 0. The predicted octanol–water partition coefficient (Wildman–Crippen LogP) is -0.143. The molecule has 0 bridgehead atoms. The summed E-state index contributed by atoms with van der Waals surface area (Å²) in [5.41, 5.74) is 0. The maximum atomic E-state index is 9.09. The third kappa shape index (κ3) is 2.45. The van der Waals surface area contributed by atoms with Crippen LogP contribution in [0.4, 0.5) is 0 Å².